The van der Waals surface area contributed by atoms with Crippen LogP contribution in [-0.2, 0) is 9.84 Å². The van der Waals surface area contributed by atoms with Gasteiger partial charge in [0, 0.05) is 51.1 Å². The lowest BCUT2D eigenvalue weighted by Gasteiger charge is -2.06. The number of hydrogen-bond acceptors (Lipinski definition) is 23. The third-order valence-electron chi connectivity index (χ3n) is 16.3. The first-order chi connectivity index (χ1) is 62.4. The molecule has 7 heterocycles. The predicted octanol–water partition coefficient (Wildman–Crippen LogP) is 21.7. The molecule has 0 radical (unpaired) electrons. The number of anilines is 10. The molecule has 0 atom stereocenters. The summed E-state index contributed by atoms with van der Waals surface area (Å²) in [7, 11) is -3.26. The maximum absolute atomic E-state index is 13.4. The van der Waals surface area contributed by atoms with Crippen LogP contribution in [0.1, 0.15) is 79.4 Å². The Kier molecular flexibility index (Phi) is 39.5. The highest BCUT2D eigenvalue weighted by atomic mass is 35.5. The molecule has 0 aliphatic rings. The van der Waals surface area contributed by atoms with Crippen LogP contribution in [0.5, 0.6) is 0 Å². The van der Waals surface area contributed by atoms with Gasteiger partial charge in [0.05, 0.1) is 126 Å². The molecular formula is C86H63Cl9F4N18O13S. The van der Waals surface area contributed by atoms with Crippen molar-refractivity contribution in [1.29, 1.82) is 0 Å². The van der Waals surface area contributed by atoms with E-state index in [1.54, 1.807) is 116 Å². The molecule has 0 fully saturated rings. The van der Waals surface area contributed by atoms with E-state index < -0.39 is 61.7 Å². The topological polar surface area (TPSA) is 462 Å². The number of sulfone groups is 1. The summed E-state index contributed by atoms with van der Waals surface area (Å²) in [6, 6.07) is 54.7. The van der Waals surface area contributed by atoms with Crippen LogP contribution in [0.2, 0.25) is 46.1 Å². The molecule has 13 N–H and O–H groups in total. The maximum Gasteiger partial charge on any atom is 0.269 e. The number of benzene rings is 7. The number of non-ortho nitro benzene ring substituents is 1. The lowest BCUT2D eigenvalue weighted by Crippen LogP contribution is -2.12. The fourth-order valence-corrected chi connectivity index (χ4v) is 11.6. The van der Waals surface area contributed by atoms with E-state index in [0.717, 1.165) is 24.3 Å². The van der Waals surface area contributed by atoms with Crippen molar-refractivity contribution in [3.05, 3.63) is 392 Å². The van der Waals surface area contributed by atoms with Crippen LogP contribution in [0.25, 0.3) is 0 Å². The zero-order chi connectivity index (χ0) is 95.4. The number of carbonyl (C=O) groups is 7. The van der Waals surface area contributed by atoms with Gasteiger partial charge in [0.25, 0.3) is 47.0 Å². The predicted molar refractivity (Wildman–Crippen MR) is 495 cm³/mol. The van der Waals surface area contributed by atoms with E-state index in [1.807, 2.05) is 5.48 Å². The number of hydrogen-bond donors (Lipinski definition) is 12. The van der Waals surface area contributed by atoms with E-state index in [0.29, 0.717) is 98.3 Å². The summed E-state index contributed by atoms with van der Waals surface area (Å²) in [5.74, 6) is -5.32. The first-order valence-corrected chi connectivity index (χ1v) is 41.7. The fourth-order valence-electron chi connectivity index (χ4n) is 9.67. The van der Waals surface area contributed by atoms with Crippen molar-refractivity contribution < 1.29 is 74.9 Å². The van der Waals surface area contributed by atoms with Crippen molar-refractivity contribution in [3.8, 4) is 0 Å². The highest BCUT2D eigenvalue weighted by Crippen LogP contribution is 2.25. The Bertz CT molecular complexity index is 6200. The van der Waals surface area contributed by atoms with Gasteiger partial charge >= 0.3 is 0 Å². The molecule has 672 valence electrons. The number of rotatable bonds is 19. The Morgan fingerprint density at radius 1 is 0.328 bits per heavy atom. The molecule has 7 aromatic carbocycles. The Hall–Kier alpha value is -14.1. The third-order valence-corrected chi connectivity index (χ3v) is 20.3. The van der Waals surface area contributed by atoms with Gasteiger partial charge in [-0.3, -0.25) is 65.1 Å². The molecule has 0 saturated heterocycles. The molecule has 7 amide bonds. The summed E-state index contributed by atoms with van der Waals surface area (Å²) in [5, 5.41) is 48.1. The van der Waals surface area contributed by atoms with Gasteiger partial charge in [-0.1, -0.05) is 111 Å². The second-order valence-electron chi connectivity index (χ2n) is 25.5. The average molecular weight is 1980 g/mol. The summed E-state index contributed by atoms with van der Waals surface area (Å²) >= 11 is 50.5. The van der Waals surface area contributed by atoms with Gasteiger partial charge in [-0.05, 0) is 218 Å². The van der Waals surface area contributed by atoms with E-state index >= 15 is 0 Å². The van der Waals surface area contributed by atoms with Crippen LogP contribution in [-0.4, -0.2) is 106 Å². The van der Waals surface area contributed by atoms with E-state index in [2.05, 4.69) is 72.1 Å². The second-order valence-corrected chi connectivity index (χ2v) is 31.3. The Morgan fingerprint density at radius 2 is 0.595 bits per heavy atom. The summed E-state index contributed by atoms with van der Waals surface area (Å²) in [6.07, 6.45) is 9.97. The normalized spacial score (nSPS) is 10.2. The number of nitrogen functional groups attached to an aromatic ring is 1. The zero-order valence-corrected chi connectivity index (χ0v) is 74.2. The first-order valence-electron chi connectivity index (χ1n) is 36.7. The van der Waals surface area contributed by atoms with E-state index in [4.69, 9.17) is 121 Å². The lowest BCUT2D eigenvalue weighted by molar-refractivity contribution is -0.384. The van der Waals surface area contributed by atoms with Crippen molar-refractivity contribution in [2.75, 3.05) is 59.7 Å². The van der Waals surface area contributed by atoms with Crippen LogP contribution >= 0.6 is 104 Å². The van der Waals surface area contributed by atoms with Gasteiger partial charge in [-0.25, -0.2) is 60.9 Å². The summed E-state index contributed by atoms with van der Waals surface area (Å²) < 4.78 is 76.1. The van der Waals surface area contributed by atoms with Gasteiger partial charge in [0.15, 0.2) is 9.84 Å². The molecule has 7 aromatic heterocycles. The van der Waals surface area contributed by atoms with Gasteiger partial charge < -0.3 is 43.0 Å². The van der Waals surface area contributed by atoms with Crippen LogP contribution in [0, 0.1) is 33.4 Å². The van der Waals surface area contributed by atoms with Gasteiger partial charge in [-0.15, -0.1) is 0 Å². The Morgan fingerprint density at radius 3 is 0.870 bits per heavy atom. The monoisotopic (exact) mass is 1980 g/mol. The summed E-state index contributed by atoms with van der Waals surface area (Å²) in [5.41, 5.74) is 14.7. The second kappa shape index (κ2) is 50.6. The minimum Gasteiger partial charge on any atom is -0.396 e. The number of nitro benzene ring substituents is 1. The van der Waals surface area contributed by atoms with Crippen LogP contribution in [0.15, 0.2) is 279 Å². The number of amides is 7. The number of nitrogens with two attached hydrogens (primary N) is 1. The summed E-state index contributed by atoms with van der Waals surface area (Å²) in [6.45, 7) is 1.57. The molecule has 0 bridgehead atoms. The number of pyridine rings is 7. The molecule has 0 saturated carbocycles. The van der Waals surface area contributed by atoms with E-state index in [9.17, 15) is 69.7 Å². The lowest BCUT2D eigenvalue weighted by atomic mass is 10.2. The SMILES string of the molecule is CCS(=O)(=O)c1ccc(C(=O)Nc2ccc(Cl)nc2)cc1.Nc1ccc(C(=O)Nc2ccc(Cl)nc2)cc1F.O=C(Nc1ccc(Cl)nc1)c1ccc(Cl)c(F)c1.O=C(Nc1ccc(Cl)nc1)c1ccc(F)c(Cl)c1.O=C(Nc1ccc(Cl)nc1)c1ccc(NO)c(F)c1.O=C(Nc1ccc(Cl)nc1)c1ccc(NO)cc1.O=C(Nc1ccc(Cl)nc1)c1ccc([N+](=O)[O-])cc1. The van der Waals surface area contributed by atoms with Crippen molar-refractivity contribution in [2.24, 2.45) is 0 Å². The molecule has 14 aromatic rings. The molecule has 0 spiro atoms. The first kappa shape index (κ1) is 102. The van der Waals surface area contributed by atoms with E-state index in [1.165, 1.54) is 147 Å². The maximum atomic E-state index is 13.4. The Labute approximate surface area is 786 Å². The minimum absolute atomic E-state index is 0.000269. The van der Waals surface area contributed by atoms with Crippen LogP contribution in [0.3, 0.4) is 0 Å². The molecule has 131 heavy (non-hydrogen) atoms. The molecule has 45 heteroatoms. The quantitative estimate of drug-likeness (QED) is 0.0118. The zero-order valence-electron chi connectivity index (χ0n) is 66.5. The minimum atomic E-state index is -3.26. The van der Waals surface area contributed by atoms with Crippen molar-refractivity contribution in [3.63, 3.8) is 0 Å². The number of nitrogens with one attached hydrogen (secondary N) is 9. The average Bonchev–Trinajstić information content (AvgIpc) is 0.831. The summed E-state index contributed by atoms with van der Waals surface area (Å²) in [4.78, 5) is 120. The number of carbonyl (C=O) groups excluding carboxylic acids is 7. The molecule has 0 aliphatic heterocycles. The Balaban J connectivity index is 0.000000189. The van der Waals surface area contributed by atoms with E-state index in [-0.39, 0.29) is 77.7 Å². The number of aromatic nitrogens is 7. The standard InChI is InChI=1S/C14H13ClN2O3S.2C12H7Cl2FN2O.C12H9ClFN3O2.C12H9ClFN3O.C12H8ClN3O3.C12H10ClN3O2/c1-2-21(19,20)12-6-3-10(4-7-12)14(18)17-11-5-8-13(15)16-9-11;13-9-5-7(1-3-10(9)15)12(18)17-8-2-4-11(14)16-6-8;13-9-3-1-7(5-10(9)15)12(18)17-8-2-4-11(14)16-6-8;13-11-4-2-8(6-15-11)16-12(18)7-1-3-10(17-19)9(14)5-7;13-11-4-2-8(6-16-11)17-12(18)7-1-3-10(15)9(14)5-7;13-11-6-3-9(7-14-11)15-12(17)8-1-4-10(5-2-8)16(18)19;13-11-6-5-10(7-14-11)15-12(17)8-1-3-9(16-18)4-2-8/h3-9H,2H2,1H3,(H,17,18);2*1-6H,(H,17,18);1-6,17,19H,(H,16,18);1-6H,15H2,(H,17,18);1-7H,(H,15,17);1-7,16,18H,(H,15,17). The van der Waals surface area contributed by atoms with Crippen LogP contribution < -0.4 is 53.9 Å². The highest BCUT2D eigenvalue weighted by molar-refractivity contribution is 7.91. The van der Waals surface area contributed by atoms with Crippen LogP contribution in [0.4, 0.5) is 80.1 Å². The molecular weight excluding hydrogens is 1920 g/mol. The number of halogens is 13. The van der Waals surface area contributed by atoms with Gasteiger partial charge in [0.2, 0.25) is 0 Å². The molecule has 0 unspecified atom stereocenters. The number of nitrogens with zero attached hydrogens (tertiary/aromatic N) is 8. The molecule has 31 nitrogen and oxygen atoms in total. The molecule has 0 aliphatic carbocycles. The highest BCUT2D eigenvalue weighted by Gasteiger charge is 2.18. The fraction of sp³-hybridized carbons (Fsp3) is 0.0233. The smallest absolute Gasteiger partial charge is 0.269 e. The molecule has 14 rings (SSSR count). The van der Waals surface area contributed by atoms with Crippen molar-refractivity contribution >= 4 is 218 Å². The van der Waals surface area contributed by atoms with Gasteiger partial charge in [-0.2, -0.15) is 0 Å². The number of nitro groups is 1. The third kappa shape index (κ3) is 33.8. The largest absolute Gasteiger partial charge is 0.396 e. The van der Waals surface area contributed by atoms with Gasteiger partial charge in [0.1, 0.15) is 59.3 Å². The van der Waals surface area contributed by atoms with Crippen molar-refractivity contribution in [1.82, 2.24) is 34.9 Å². The van der Waals surface area contributed by atoms with Crippen molar-refractivity contribution in [2.45, 2.75) is 11.8 Å².